The largest absolute Gasteiger partial charge is 0.481 e. The van der Waals surface area contributed by atoms with Crippen LogP contribution in [0.3, 0.4) is 0 Å². The van der Waals surface area contributed by atoms with Crippen molar-refractivity contribution in [3.63, 3.8) is 0 Å². The molecule has 0 spiro atoms. The predicted octanol–water partition coefficient (Wildman–Crippen LogP) is 0.639. The summed E-state index contributed by atoms with van der Waals surface area (Å²) in [6, 6.07) is 0. The van der Waals surface area contributed by atoms with Gasteiger partial charge in [-0.3, -0.25) is 4.79 Å². The van der Waals surface area contributed by atoms with Crippen molar-refractivity contribution in [1.82, 2.24) is 0 Å². The maximum Gasteiger partial charge on any atom is 0.312 e. The molecule has 1 fully saturated rings. The average Bonchev–Trinajstić information content (AvgIpc) is 2.51. The van der Waals surface area contributed by atoms with Crippen LogP contribution >= 0.6 is 0 Å². The average molecular weight is 188 g/mol. The zero-order valence-corrected chi connectivity index (χ0v) is 8.04. The predicted molar refractivity (Wildman–Crippen MR) is 46.4 cm³/mol. The molecule has 2 N–H and O–H groups in total. The molecule has 0 aromatic heterocycles. The van der Waals surface area contributed by atoms with Crippen LogP contribution in [0.2, 0.25) is 0 Å². The number of ether oxygens (including phenoxy) is 1. The lowest BCUT2D eigenvalue weighted by atomic mass is 9.71. The van der Waals surface area contributed by atoms with Gasteiger partial charge in [-0.15, -0.1) is 0 Å². The molecule has 1 aliphatic rings. The van der Waals surface area contributed by atoms with Gasteiger partial charge in [0.25, 0.3) is 0 Å². The van der Waals surface area contributed by atoms with Crippen molar-refractivity contribution < 1.29 is 19.7 Å². The molecule has 0 aromatic carbocycles. The summed E-state index contributed by atoms with van der Waals surface area (Å²) in [6.45, 7) is 3.91. The molecule has 0 saturated carbocycles. The number of hydrogen-bond donors (Lipinski definition) is 2. The van der Waals surface area contributed by atoms with Gasteiger partial charge in [0.15, 0.2) is 0 Å². The minimum atomic E-state index is -1.20. The van der Waals surface area contributed by atoms with E-state index in [1.54, 1.807) is 13.8 Å². The molecule has 0 radical (unpaired) electrons. The highest BCUT2D eigenvalue weighted by atomic mass is 16.5. The highest BCUT2D eigenvalue weighted by Crippen LogP contribution is 2.40. The number of carboxylic acid groups (broad SMARTS) is 1. The van der Waals surface area contributed by atoms with E-state index in [-0.39, 0.29) is 6.61 Å². The molecule has 1 saturated heterocycles. The van der Waals surface area contributed by atoms with Crippen molar-refractivity contribution in [3.05, 3.63) is 0 Å². The second kappa shape index (κ2) is 3.27. The Balaban J connectivity index is 2.92. The first-order valence-electron chi connectivity index (χ1n) is 4.50. The van der Waals surface area contributed by atoms with Crippen molar-refractivity contribution in [2.75, 3.05) is 13.2 Å². The van der Waals surface area contributed by atoms with E-state index in [1.165, 1.54) is 0 Å². The van der Waals surface area contributed by atoms with Crippen LogP contribution in [-0.2, 0) is 9.53 Å². The van der Waals surface area contributed by atoms with E-state index in [0.717, 1.165) is 0 Å². The molecule has 0 bridgehead atoms. The normalized spacial score (nSPS) is 32.8. The zero-order chi connectivity index (χ0) is 10.1. The van der Waals surface area contributed by atoms with Crippen molar-refractivity contribution in [3.8, 4) is 0 Å². The first-order valence-corrected chi connectivity index (χ1v) is 4.50. The van der Waals surface area contributed by atoms with Crippen LogP contribution in [0.4, 0.5) is 0 Å². The molecule has 0 amide bonds. The van der Waals surface area contributed by atoms with Crippen LogP contribution in [0.15, 0.2) is 0 Å². The Bertz CT molecular complexity index is 208. The molecule has 1 rings (SSSR count). The topological polar surface area (TPSA) is 66.8 Å². The van der Waals surface area contributed by atoms with E-state index < -0.39 is 17.0 Å². The summed E-state index contributed by atoms with van der Waals surface area (Å²) < 4.78 is 5.04. The Kier molecular flexibility index (Phi) is 2.63. The fourth-order valence-corrected chi connectivity index (χ4v) is 1.67. The lowest BCUT2D eigenvalue weighted by Crippen LogP contribution is -2.51. The van der Waals surface area contributed by atoms with Gasteiger partial charge in [-0.2, -0.15) is 0 Å². The van der Waals surface area contributed by atoms with E-state index in [4.69, 9.17) is 9.84 Å². The first-order chi connectivity index (χ1) is 5.96. The van der Waals surface area contributed by atoms with Gasteiger partial charge in [0.05, 0.1) is 12.0 Å². The molecule has 0 aliphatic carbocycles. The third kappa shape index (κ3) is 1.44. The zero-order valence-electron chi connectivity index (χ0n) is 8.04. The van der Waals surface area contributed by atoms with Gasteiger partial charge in [0.2, 0.25) is 0 Å². The first kappa shape index (κ1) is 10.5. The maximum absolute atomic E-state index is 11.0. The number of carboxylic acids is 1. The summed E-state index contributed by atoms with van der Waals surface area (Å²) in [5, 5.41) is 19.1. The van der Waals surface area contributed by atoms with Crippen LogP contribution in [0, 0.1) is 5.41 Å². The second-order valence-corrected chi connectivity index (χ2v) is 3.82. The lowest BCUT2D eigenvalue weighted by molar-refractivity contribution is -0.167. The number of aliphatic carboxylic acids is 1. The molecule has 13 heavy (non-hydrogen) atoms. The highest BCUT2D eigenvalue weighted by molar-refractivity contribution is 5.76. The van der Waals surface area contributed by atoms with Crippen LogP contribution in [0.25, 0.3) is 0 Å². The fourth-order valence-electron chi connectivity index (χ4n) is 1.67. The smallest absolute Gasteiger partial charge is 0.312 e. The van der Waals surface area contributed by atoms with E-state index in [0.29, 0.717) is 19.4 Å². The molecule has 1 aliphatic heterocycles. The van der Waals surface area contributed by atoms with Gasteiger partial charge in [-0.25, -0.2) is 0 Å². The third-order valence-corrected chi connectivity index (χ3v) is 3.21. The summed E-state index contributed by atoms with van der Waals surface area (Å²) >= 11 is 0. The van der Waals surface area contributed by atoms with E-state index in [9.17, 15) is 9.90 Å². The summed E-state index contributed by atoms with van der Waals surface area (Å²) in [6.07, 6.45) is 0.811. The quantitative estimate of drug-likeness (QED) is 0.682. The molecule has 4 nitrogen and oxygen atoms in total. The molecular formula is C9H16O4. The standard InChI is InChI=1S/C9H16O4/c1-3-8(2,7(10)11)9(12)4-5-13-6-9/h12H,3-6H2,1-2H3,(H,10,11). The van der Waals surface area contributed by atoms with Crippen molar-refractivity contribution in [1.29, 1.82) is 0 Å². The van der Waals surface area contributed by atoms with E-state index in [1.807, 2.05) is 0 Å². The van der Waals surface area contributed by atoms with Crippen molar-refractivity contribution in [2.45, 2.75) is 32.3 Å². The van der Waals surface area contributed by atoms with Gasteiger partial charge >= 0.3 is 5.97 Å². The molecule has 4 heteroatoms. The minimum absolute atomic E-state index is 0.129. The number of carbonyl (C=O) groups is 1. The van der Waals surface area contributed by atoms with Crippen molar-refractivity contribution >= 4 is 5.97 Å². The van der Waals surface area contributed by atoms with Crippen LogP contribution in [0.1, 0.15) is 26.7 Å². The second-order valence-electron chi connectivity index (χ2n) is 3.82. The highest BCUT2D eigenvalue weighted by Gasteiger charge is 2.53. The minimum Gasteiger partial charge on any atom is -0.481 e. The van der Waals surface area contributed by atoms with E-state index in [2.05, 4.69) is 0 Å². The van der Waals surface area contributed by atoms with Gasteiger partial charge in [0.1, 0.15) is 5.60 Å². The summed E-state index contributed by atoms with van der Waals surface area (Å²) in [7, 11) is 0. The molecule has 2 atom stereocenters. The Morgan fingerprint density at radius 2 is 2.31 bits per heavy atom. The third-order valence-electron chi connectivity index (χ3n) is 3.21. The Labute approximate surface area is 77.5 Å². The van der Waals surface area contributed by atoms with E-state index >= 15 is 0 Å². The molecular weight excluding hydrogens is 172 g/mol. The SMILES string of the molecule is CCC(C)(C(=O)O)C1(O)CCOC1. The fraction of sp³-hybridized carbons (Fsp3) is 0.889. The maximum atomic E-state index is 11.0. The Hall–Kier alpha value is -0.610. The molecule has 0 aromatic rings. The molecule has 76 valence electrons. The Morgan fingerprint density at radius 1 is 1.69 bits per heavy atom. The van der Waals surface area contributed by atoms with Crippen LogP contribution in [-0.4, -0.2) is 35.0 Å². The van der Waals surface area contributed by atoms with Crippen LogP contribution in [0.5, 0.6) is 0 Å². The Morgan fingerprint density at radius 3 is 2.62 bits per heavy atom. The number of hydrogen-bond acceptors (Lipinski definition) is 3. The number of rotatable bonds is 3. The van der Waals surface area contributed by atoms with Gasteiger partial charge in [0, 0.05) is 13.0 Å². The van der Waals surface area contributed by atoms with Crippen molar-refractivity contribution in [2.24, 2.45) is 5.41 Å². The molecule has 1 heterocycles. The molecule has 2 unspecified atom stereocenters. The number of aliphatic hydroxyl groups is 1. The summed E-state index contributed by atoms with van der Waals surface area (Å²) in [5.41, 5.74) is -2.29. The van der Waals surface area contributed by atoms with Gasteiger partial charge in [-0.05, 0) is 13.3 Å². The summed E-state index contributed by atoms with van der Waals surface area (Å²) in [5.74, 6) is -0.956. The lowest BCUT2D eigenvalue weighted by Gasteiger charge is -2.37. The summed E-state index contributed by atoms with van der Waals surface area (Å²) in [4.78, 5) is 11.0. The van der Waals surface area contributed by atoms with Crippen LogP contribution < -0.4 is 0 Å². The van der Waals surface area contributed by atoms with Gasteiger partial charge in [-0.1, -0.05) is 6.92 Å². The van der Waals surface area contributed by atoms with Gasteiger partial charge < -0.3 is 14.9 Å². The monoisotopic (exact) mass is 188 g/mol.